The molecule has 2 heteroatoms. The van der Waals surface area contributed by atoms with E-state index in [9.17, 15) is 4.79 Å². The molecule has 1 aliphatic heterocycles. The van der Waals surface area contributed by atoms with Crippen molar-refractivity contribution in [2.24, 2.45) is 16.7 Å². The maximum atomic E-state index is 12.0. The smallest absolute Gasteiger partial charge is 0.228 e. The summed E-state index contributed by atoms with van der Waals surface area (Å²) in [7, 11) is 1.94. The molecule has 0 N–H and O–H groups in total. The molecule has 0 spiro atoms. The number of nitrogens with zero attached hydrogens (tertiary/aromatic N) is 1. The zero-order valence-electron chi connectivity index (χ0n) is 9.05. The Balaban J connectivity index is 2.44. The van der Waals surface area contributed by atoms with Crippen LogP contribution < -0.4 is 0 Å². The molecule has 2 atom stereocenters. The number of carbonyl (C=O) groups excluding carboxylic acids is 1. The van der Waals surface area contributed by atoms with Gasteiger partial charge in [0.2, 0.25) is 5.91 Å². The van der Waals surface area contributed by atoms with Crippen molar-refractivity contribution in [1.29, 1.82) is 0 Å². The lowest BCUT2D eigenvalue weighted by atomic mass is 9.63. The third kappa shape index (κ3) is 0.866. The Morgan fingerprint density at radius 1 is 1.38 bits per heavy atom. The lowest BCUT2D eigenvalue weighted by Crippen LogP contribution is -2.54. The minimum atomic E-state index is -0.0926. The van der Waals surface area contributed by atoms with Crippen molar-refractivity contribution in [3.8, 4) is 0 Å². The van der Waals surface area contributed by atoms with Gasteiger partial charge < -0.3 is 4.90 Å². The summed E-state index contributed by atoms with van der Waals surface area (Å²) >= 11 is 0. The van der Waals surface area contributed by atoms with E-state index in [0.29, 0.717) is 11.8 Å². The first-order valence-corrected chi connectivity index (χ1v) is 5.15. The Hall–Kier alpha value is -0.530. The third-order valence-electron chi connectivity index (χ3n) is 4.75. The highest BCUT2D eigenvalue weighted by atomic mass is 16.2. The van der Waals surface area contributed by atoms with E-state index < -0.39 is 0 Å². The van der Waals surface area contributed by atoms with Crippen molar-refractivity contribution >= 4 is 5.91 Å². The molecular formula is C11H19NO. The van der Waals surface area contributed by atoms with Gasteiger partial charge in [0.15, 0.2) is 0 Å². The molecule has 1 saturated heterocycles. The summed E-state index contributed by atoms with van der Waals surface area (Å²) in [6, 6.07) is 0. The molecule has 0 unspecified atom stereocenters. The highest BCUT2D eigenvalue weighted by molar-refractivity contribution is 5.84. The third-order valence-corrected chi connectivity index (χ3v) is 4.75. The highest BCUT2D eigenvalue weighted by Crippen LogP contribution is 2.59. The molecule has 1 saturated carbocycles. The molecule has 2 nitrogen and oxygen atoms in total. The van der Waals surface area contributed by atoms with Crippen LogP contribution in [0, 0.1) is 16.7 Å². The number of likely N-dealkylation sites (tertiary alicyclic amines) is 1. The fraction of sp³-hybridized carbons (Fsp3) is 0.909. The van der Waals surface area contributed by atoms with Gasteiger partial charge in [0.05, 0.1) is 5.41 Å². The fourth-order valence-corrected chi connectivity index (χ4v) is 3.13. The summed E-state index contributed by atoms with van der Waals surface area (Å²) in [5.41, 5.74) is 0.112. The van der Waals surface area contributed by atoms with Crippen LogP contribution in [0.15, 0.2) is 0 Å². The normalized spacial score (nSPS) is 42.6. The summed E-state index contributed by atoms with van der Waals surface area (Å²) in [5.74, 6) is 1.06. The topological polar surface area (TPSA) is 20.3 Å². The average Bonchev–Trinajstić information content (AvgIpc) is 2.18. The number of piperidine rings is 1. The van der Waals surface area contributed by atoms with Gasteiger partial charge in [-0.05, 0) is 24.2 Å². The first-order chi connectivity index (χ1) is 5.89. The van der Waals surface area contributed by atoms with Crippen molar-refractivity contribution in [2.75, 3.05) is 13.6 Å². The first kappa shape index (κ1) is 9.04. The number of hydrogen-bond acceptors (Lipinski definition) is 1. The number of carbonyl (C=O) groups is 1. The van der Waals surface area contributed by atoms with Gasteiger partial charge in [-0.2, -0.15) is 0 Å². The molecule has 0 radical (unpaired) electrons. The zero-order valence-corrected chi connectivity index (χ0v) is 9.05. The van der Waals surface area contributed by atoms with E-state index in [1.54, 1.807) is 0 Å². The van der Waals surface area contributed by atoms with Gasteiger partial charge in [-0.1, -0.05) is 20.8 Å². The molecule has 13 heavy (non-hydrogen) atoms. The van der Waals surface area contributed by atoms with Crippen LogP contribution in [0.2, 0.25) is 0 Å². The van der Waals surface area contributed by atoms with E-state index in [1.165, 1.54) is 6.42 Å². The van der Waals surface area contributed by atoms with Gasteiger partial charge in [-0.15, -0.1) is 0 Å². The average molecular weight is 181 g/mol. The van der Waals surface area contributed by atoms with Crippen LogP contribution in [0.3, 0.4) is 0 Å². The summed E-state index contributed by atoms with van der Waals surface area (Å²) in [6.07, 6.45) is 2.30. The van der Waals surface area contributed by atoms with Crippen LogP contribution in [0.25, 0.3) is 0 Å². The van der Waals surface area contributed by atoms with E-state index in [4.69, 9.17) is 0 Å². The molecule has 0 aromatic heterocycles. The van der Waals surface area contributed by atoms with Gasteiger partial charge in [0.25, 0.3) is 0 Å². The Labute approximate surface area is 80.3 Å². The number of amides is 1. The second-order valence-electron chi connectivity index (χ2n) is 5.48. The lowest BCUT2D eigenvalue weighted by molar-refractivity contribution is -0.153. The molecule has 1 amide bonds. The second-order valence-corrected chi connectivity index (χ2v) is 5.48. The molecule has 2 bridgehead atoms. The van der Waals surface area contributed by atoms with E-state index in [1.807, 2.05) is 11.9 Å². The number of rotatable bonds is 0. The number of fused-ring (bicyclic) bond motifs is 2. The van der Waals surface area contributed by atoms with Crippen molar-refractivity contribution < 1.29 is 4.79 Å². The molecule has 0 aromatic rings. The molecular weight excluding hydrogens is 162 g/mol. The van der Waals surface area contributed by atoms with E-state index in [-0.39, 0.29) is 10.8 Å². The molecule has 1 heterocycles. The van der Waals surface area contributed by atoms with E-state index in [2.05, 4.69) is 20.8 Å². The Morgan fingerprint density at radius 2 is 2.00 bits per heavy atom. The van der Waals surface area contributed by atoms with Gasteiger partial charge in [0.1, 0.15) is 0 Å². The summed E-state index contributed by atoms with van der Waals surface area (Å²) in [6.45, 7) is 7.62. The van der Waals surface area contributed by atoms with Crippen LogP contribution >= 0.6 is 0 Å². The largest absolute Gasteiger partial charge is 0.345 e. The van der Waals surface area contributed by atoms with Crippen LogP contribution in [0.5, 0.6) is 0 Å². The van der Waals surface area contributed by atoms with Gasteiger partial charge in [0, 0.05) is 13.6 Å². The summed E-state index contributed by atoms with van der Waals surface area (Å²) in [4.78, 5) is 14.0. The van der Waals surface area contributed by atoms with E-state index in [0.717, 1.165) is 13.0 Å². The SMILES string of the molecule is CN1C[C@H]2CC[C@@](C)(C1=O)C2(C)C. The summed E-state index contributed by atoms with van der Waals surface area (Å²) < 4.78 is 0. The minimum absolute atomic E-state index is 0.0926. The molecule has 1 aliphatic carbocycles. The Morgan fingerprint density at radius 3 is 2.62 bits per heavy atom. The molecule has 0 aromatic carbocycles. The lowest BCUT2D eigenvalue weighted by Gasteiger charge is -2.48. The highest BCUT2D eigenvalue weighted by Gasteiger charge is 2.59. The molecule has 74 valence electrons. The molecule has 2 aliphatic rings. The standard InChI is InChI=1S/C11H19NO/c1-10(2)8-5-6-11(10,3)9(13)12(4)7-8/h8H,5-7H2,1-4H3/t8-,11+/m1/s1. The van der Waals surface area contributed by atoms with Crippen molar-refractivity contribution in [2.45, 2.75) is 33.6 Å². The predicted octanol–water partition coefficient (Wildman–Crippen LogP) is 1.90. The minimum Gasteiger partial charge on any atom is -0.345 e. The van der Waals surface area contributed by atoms with Gasteiger partial charge in [-0.3, -0.25) is 4.79 Å². The maximum absolute atomic E-state index is 12.0. The molecule has 2 fully saturated rings. The van der Waals surface area contributed by atoms with Crippen LogP contribution in [0.1, 0.15) is 33.6 Å². The van der Waals surface area contributed by atoms with Crippen LogP contribution in [0.4, 0.5) is 0 Å². The quantitative estimate of drug-likeness (QED) is 0.559. The summed E-state index contributed by atoms with van der Waals surface area (Å²) in [5, 5.41) is 0. The van der Waals surface area contributed by atoms with Crippen molar-refractivity contribution in [3.05, 3.63) is 0 Å². The predicted molar refractivity (Wildman–Crippen MR) is 52.2 cm³/mol. The number of hydrogen-bond donors (Lipinski definition) is 0. The Kier molecular flexibility index (Phi) is 1.59. The molecule has 2 rings (SSSR count). The monoisotopic (exact) mass is 181 g/mol. The first-order valence-electron chi connectivity index (χ1n) is 5.15. The van der Waals surface area contributed by atoms with Gasteiger partial charge >= 0.3 is 0 Å². The second kappa shape index (κ2) is 2.28. The van der Waals surface area contributed by atoms with Crippen molar-refractivity contribution in [3.63, 3.8) is 0 Å². The van der Waals surface area contributed by atoms with E-state index >= 15 is 0 Å². The maximum Gasteiger partial charge on any atom is 0.228 e. The van der Waals surface area contributed by atoms with Gasteiger partial charge in [-0.25, -0.2) is 0 Å². The van der Waals surface area contributed by atoms with Crippen molar-refractivity contribution in [1.82, 2.24) is 4.90 Å². The fourth-order valence-electron chi connectivity index (χ4n) is 3.13. The zero-order chi connectivity index (χ0) is 9.85. The van der Waals surface area contributed by atoms with Crippen LogP contribution in [-0.2, 0) is 4.79 Å². The Bertz CT molecular complexity index is 259. The van der Waals surface area contributed by atoms with Crippen LogP contribution in [-0.4, -0.2) is 24.4 Å².